The highest BCUT2D eigenvalue weighted by Gasteiger charge is 2.14. The van der Waals surface area contributed by atoms with Gasteiger partial charge in [0.1, 0.15) is 0 Å². The van der Waals surface area contributed by atoms with Crippen molar-refractivity contribution in [3.05, 3.63) is 29.8 Å². The van der Waals surface area contributed by atoms with Gasteiger partial charge in [-0.15, -0.1) is 0 Å². The van der Waals surface area contributed by atoms with Gasteiger partial charge in [-0.05, 0) is 11.0 Å². The SMILES string of the molecule is COCCOCCOCc1ccccc1B(O)O. The summed E-state index contributed by atoms with van der Waals surface area (Å²) in [6, 6.07) is 7.06. The third-order valence-electron chi connectivity index (χ3n) is 2.39. The van der Waals surface area contributed by atoms with Crippen molar-refractivity contribution < 1.29 is 24.3 Å². The van der Waals surface area contributed by atoms with Gasteiger partial charge in [-0.3, -0.25) is 0 Å². The van der Waals surface area contributed by atoms with Gasteiger partial charge in [-0.2, -0.15) is 0 Å². The van der Waals surface area contributed by atoms with Crippen LogP contribution in [0.15, 0.2) is 24.3 Å². The average Bonchev–Trinajstić information content (AvgIpc) is 2.38. The molecule has 0 bridgehead atoms. The maximum absolute atomic E-state index is 9.17. The van der Waals surface area contributed by atoms with Crippen LogP contribution in [0.25, 0.3) is 0 Å². The van der Waals surface area contributed by atoms with Crippen molar-refractivity contribution in [2.75, 3.05) is 33.5 Å². The van der Waals surface area contributed by atoms with Crippen LogP contribution in [-0.2, 0) is 20.8 Å². The van der Waals surface area contributed by atoms with E-state index in [1.54, 1.807) is 25.3 Å². The first-order valence-electron chi connectivity index (χ1n) is 5.84. The topological polar surface area (TPSA) is 68.2 Å². The molecule has 0 aliphatic heterocycles. The molecule has 5 nitrogen and oxygen atoms in total. The Morgan fingerprint density at radius 2 is 1.67 bits per heavy atom. The molecule has 0 saturated heterocycles. The zero-order chi connectivity index (χ0) is 13.2. The molecule has 2 N–H and O–H groups in total. The number of methoxy groups -OCH3 is 1. The molecule has 6 heteroatoms. The van der Waals surface area contributed by atoms with E-state index in [1.165, 1.54) is 0 Å². The van der Waals surface area contributed by atoms with E-state index in [-0.39, 0.29) is 0 Å². The lowest BCUT2D eigenvalue weighted by Crippen LogP contribution is -2.33. The van der Waals surface area contributed by atoms with Crippen molar-refractivity contribution >= 4 is 12.6 Å². The number of hydrogen-bond acceptors (Lipinski definition) is 5. The van der Waals surface area contributed by atoms with Gasteiger partial charge < -0.3 is 24.3 Å². The normalized spacial score (nSPS) is 10.6. The first-order valence-corrected chi connectivity index (χ1v) is 5.84. The maximum Gasteiger partial charge on any atom is 0.488 e. The van der Waals surface area contributed by atoms with Crippen LogP contribution < -0.4 is 5.46 Å². The molecule has 0 aromatic heterocycles. The Hall–Kier alpha value is -0.915. The summed E-state index contributed by atoms with van der Waals surface area (Å²) in [6.07, 6.45) is 0. The maximum atomic E-state index is 9.17. The fourth-order valence-electron chi connectivity index (χ4n) is 1.46. The molecule has 1 rings (SSSR count). The Morgan fingerprint density at radius 1 is 1.00 bits per heavy atom. The van der Waals surface area contributed by atoms with Crippen LogP contribution in [0.3, 0.4) is 0 Å². The Balaban J connectivity index is 2.23. The summed E-state index contributed by atoms with van der Waals surface area (Å²) < 4.78 is 15.5. The molecule has 0 fully saturated rings. The molecule has 0 aliphatic rings. The molecule has 0 aliphatic carbocycles. The predicted molar refractivity (Wildman–Crippen MR) is 68.6 cm³/mol. The van der Waals surface area contributed by atoms with Crippen molar-refractivity contribution in [2.45, 2.75) is 6.61 Å². The highest BCUT2D eigenvalue weighted by atomic mass is 16.5. The Bertz CT molecular complexity index is 332. The number of hydrogen-bond donors (Lipinski definition) is 2. The zero-order valence-electron chi connectivity index (χ0n) is 10.5. The molecule has 0 spiro atoms. The fraction of sp³-hybridized carbons (Fsp3) is 0.500. The lowest BCUT2D eigenvalue weighted by Gasteiger charge is -2.09. The van der Waals surface area contributed by atoms with Gasteiger partial charge in [-0.1, -0.05) is 24.3 Å². The van der Waals surface area contributed by atoms with Gasteiger partial charge in [0.25, 0.3) is 0 Å². The monoisotopic (exact) mass is 254 g/mol. The highest BCUT2D eigenvalue weighted by Crippen LogP contribution is 1.99. The quantitative estimate of drug-likeness (QED) is 0.461. The third-order valence-corrected chi connectivity index (χ3v) is 2.39. The van der Waals surface area contributed by atoms with Crippen molar-refractivity contribution in [3.8, 4) is 0 Å². The predicted octanol–water partition coefficient (Wildman–Crippen LogP) is -0.454. The first-order chi connectivity index (χ1) is 8.75. The van der Waals surface area contributed by atoms with E-state index in [4.69, 9.17) is 24.3 Å². The molecular formula is C12H19BO5. The number of ether oxygens (including phenoxy) is 3. The summed E-state index contributed by atoms with van der Waals surface area (Å²) in [7, 11) is 0.152. The third kappa shape index (κ3) is 5.62. The Labute approximate surface area is 107 Å². The molecule has 100 valence electrons. The zero-order valence-corrected chi connectivity index (χ0v) is 10.5. The molecule has 18 heavy (non-hydrogen) atoms. The van der Waals surface area contributed by atoms with Crippen LogP contribution in [0.4, 0.5) is 0 Å². The summed E-state index contributed by atoms with van der Waals surface area (Å²) in [4.78, 5) is 0. The first kappa shape index (κ1) is 15.1. The molecular weight excluding hydrogens is 235 g/mol. The van der Waals surface area contributed by atoms with E-state index in [1.807, 2.05) is 6.07 Å². The second-order valence-corrected chi connectivity index (χ2v) is 3.73. The van der Waals surface area contributed by atoms with Gasteiger partial charge in [-0.25, -0.2) is 0 Å². The van der Waals surface area contributed by atoms with Crippen LogP contribution in [0.5, 0.6) is 0 Å². The molecule has 0 amide bonds. The van der Waals surface area contributed by atoms with Crippen molar-refractivity contribution in [3.63, 3.8) is 0 Å². The molecule has 1 aromatic carbocycles. The summed E-state index contributed by atoms with van der Waals surface area (Å²) >= 11 is 0. The molecule has 0 atom stereocenters. The van der Waals surface area contributed by atoms with Gasteiger partial charge >= 0.3 is 7.12 Å². The molecule has 0 saturated carbocycles. The van der Waals surface area contributed by atoms with Crippen molar-refractivity contribution in [1.29, 1.82) is 0 Å². The van der Waals surface area contributed by atoms with Crippen LogP contribution in [0.2, 0.25) is 0 Å². The second kappa shape index (κ2) is 9.07. The lowest BCUT2D eigenvalue weighted by molar-refractivity contribution is 0.0201. The largest absolute Gasteiger partial charge is 0.488 e. The van der Waals surface area contributed by atoms with E-state index < -0.39 is 7.12 Å². The standard InChI is InChI=1S/C12H19BO5/c1-16-6-7-17-8-9-18-10-11-4-2-3-5-12(11)13(14)15/h2-5,14-15H,6-10H2,1H3. The summed E-state index contributed by atoms with van der Waals surface area (Å²) in [5.41, 5.74) is 1.24. The Kier molecular flexibility index (Phi) is 7.63. The van der Waals surface area contributed by atoms with E-state index in [2.05, 4.69) is 0 Å². The average molecular weight is 254 g/mol. The minimum absolute atomic E-state index is 0.335. The summed E-state index contributed by atoms with van der Waals surface area (Å²) in [5, 5.41) is 18.3. The fourth-order valence-corrected chi connectivity index (χ4v) is 1.46. The van der Waals surface area contributed by atoms with Gasteiger partial charge in [0, 0.05) is 7.11 Å². The van der Waals surface area contributed by atoms with Crippen molar-refractivity contribution in [2.24, 2.45) is 0 Å². The lowest BCUT2D eigenvalue weighted by atomic mass is 9.77. The molecule has 0 heterocycles. The highest BCUT2D eigenvalue weighted by molar-refractivity contribution is 6.59. The molecule has 1 aromatic rings. The van der Waals surface area contributed by atoms with E-state index in [9.17, 15) is 0 Å². The minimum Gasteiger partial charge on any atom is -0.423 e. The van der Waals surface area contributed by atoms with Crippen LogP contribution in [0.1, 0.15) is 5.56 Å². The van der Waals surface area contributed by atoms with Gasteiger partial charge in [0.2, 0.25) is 0 Å². The molecule has 0 unspecified atom stereocenters. The number of rotatable bonds is 9. The second-order valence-electron chi connectivity index (χ2n) is 3.73. The Morgan fingerprint density at radius 3 is 2.39 bits per heavy atom. The van der Waals surface area contributed by atoms with E-state index in [0.29, 0.717) is 38.5 Å². The van der Waals surface area contributed by atoms with Crippen LogP contribution >= 0.6 is 0 Å². The molecule has 0 radical (unpaired) electrons. The van der Waals surface area contributed by atoms with Crippen LogP contribution in [-0.4, -0.2) is 50.7 Å². The van der Waals surface area contributed by atoms with Crippen molar-refractivity contribution in [1.82, 2.24) is 0 Å². The van der Waals surface area contributed by atoms with E-state index >= 15 is 0 Å². The number of benzene rings is 1. The van der Waals surface area contributed by atoms with Crippen LogP contribution in [0, 0.1) is 0 Å². The van der Waals surface area contributed by atoms with Gasteiger partial charge in [0.15, 0.2) is 0 Å². The summed E-state index contributed by atoms with van der Waals surface area (Å²) in [6.45, 7) is 2.40. The smallest absolute Gasteiger partial charge is 0.423 e. The van der Waals surface area contributed by atoms with Gasteiger partial charge in [0.05, 0.1) is 33.0 Å². The van der Waals surface area contributed by atoms with E-state index in [0.717, 1.165) is 5.56 Å². The summed E-state index contributed by atoms with van der Waals surface area (Å²) in [5.74, 6) is 0. The minimum atomic E-state index is -1.47.